The Morgan fingerprint density at radius 2 is 2.11 bits per heavy atom. The number of halogens is 1. The van der Waals surface area contributed by atoms with Gasteiger partial charge in [-0.3, -0.25) is 0 Å². The summed E-state index contributed by atoms with van der Waals surface area (Å²) in [4.78, 5) is 8.29. The Kier molecular flexibility index (Phi) is 3.94. The van der Waals surface area contributed by atoms with Crippen LogP contribution in [0.15, 0.2) is 24.5 Å². The number of rotatable bonds is 4. The first-order chi connectivity index (χ1) is 9.15. The number of hydrogen-bond acceptors (Lipinski definition) is 4. The molecule has 0 unspecified atom stereocenters. The minimum absolute atomic E-state index is 0.279. The Balaban J connectivity index is 2.37. The molecule has 1 N–H and O–H groups in total. The zero-order chi connectivity index (χ0) is 13.8. The molecule has 0 fully saturated rings. The molecular formula is C14H16FN3O. The molecular weight excluding hydrogens is 245 g/mol. The molecule has 1 heterocycles. The van der Waals surface area contributed by atoms with Crippen LogP contribution in [-0.4, -0.2) is 17.0 Å². The van der Waals surface area contributed by atoms with Crippen LogP contribution in [0.4, 0.5) is 10.2 Å². The molecule has 0 aliphatic carbocycles. The van der Waals surface area contributed by atoms with Crippen LogP contribution in [0.5, 0.6) is 11.6 Å². The van der Waals surface area contributed by atoms with Crippen LogP contribution in [-0.2, 0) is 6.42 Å². The zero-order valence-corrected chi connectivity index (χ0v) is 11.2. The van der Waals surface area contributed by atoms with Gasteiger partial charge in [-0.25, -0.2) is 14.4 Å². The topological polar surface area (TPSA) is 47.0 Å². The Morgan fingerprint density at radius 3 is 2.74 bits per heavy atom. The van der Waals surface area contributed by atoms with Gasteiger partial charge < -0.3 is 10.1 Å². The lowest BCUT2D eigenvalue weighted by atomic mass is 10.2. The van der Waals surface area contributed by atoms with Crippen molar-refractivity contribution in [2.75, 3.05) is 12.4 Å². The van der Waals surface area contributed by atoms with Crippen LogP contribution < -0.4 is 10.1 Å². The van der Waals surface area contributed by atoms with Gasteiger partial charge in [-0.1, -0.05) is 6.92 Å². The summed E-state index contributed by atoms with van der Waals surface area (Å²) in [7, 11) is 1.80. The van der Waals surface area contributed by atoms with E-state index in [-0.39, 0.29) is 5.82 Å². The summed E-state index contributed by atoms with van der Waals surface area (Å²) < 4.78 is 18.8. The highest BCUT2D eigenvalue weighted by molar-refractivity contribution is 5.49. The lowest BCUT2D eigenvalue weighted by Gasteiger charge is -2.13. The lowest BCUT2D eigenvalue weighted by Crippen LogP contribution is -2.02. The van der Waals surface area contributed by atoms with E-state index in [9.17, 15) is 4.39 Å². The highest BCUT2D eigenvalue weighted by Crippen LogP contribution is 2.29. The lowest BCUT2D eigenvalue weighted by molar-refractivity contribution is 0.450. The van der Waals surface area contributed by atoms with E-state index in [1.54, 1.807) is 20.0 Å². The second-order valence-electron chi connectivity index (χ2n) is 4.12. The van der Waals surface area contributed by atoms with Crippen LogP contribution >= 0.6 is 0 Å². The average molecular weight is 261 g/mol. The Bertz CT molecular complexity index is 587. The van der Waals surface area contributed by atoms with Gasteiger partial charge in [0.2, 0.25) is 5.88 Å². The van der Waals surface area contributed by atoms with Crippen molar-refractivity contribution in [3.8, 4) is 11.6 Å². The quantitative estimate of drug-likeness (QED) is 0.917. The van der Waals surface area contributed by atoms with Crippen LogP contribution in [0.25, 0.3) is 0 Å². The maximum Gasteiger partial charge on any atom is 0.227 e. The van der Waals surface area contributed by atoms with Crippen LogP contribution in [0.3, 0.4) is 0 Å². The number of anilines is 1. The zero-order valence-electron chi connectivity index (χ0n) is 11.2. The molecule has 0 aliphatic heterocycles. The fourth-order valence-corrected chi connectivity index (χ4v) is 1.85. The molecule has 5 heteroatoms. The van der Waals surface area contributed by atoms with Crippen molar-refractivity contribution in [3.05, 3.63) is 41.5 Å². The van der Waals surface area contributed by atoms with Crippen molar-refractivity contribution >= 4 is 5.82 Å². The Labute approximate surface area is 111 Å². The van der Waals surface area contributed by atoms with Gasteiger partial charge >= 0.3 is 0 Å². The van der Waals surface area contributed by atoms with Crippen molar-refractivity contribution in [2.24, 2.45) is 0 Å². The van der Waals surface area contributed by atoms with Crippen LogP contribution in [0.1, 0.15) is 18.1 Å². The molecule has 0 radical (unpaired) electrons. The third-order valence-electron chi connectivity index (χ3n) is 2.84. The van der Waals surface area contributed by atoms with E-state index in [4.69, 9.17) is 4.74 Å². The fraction of sp³-hybridized carbons (Fsp3) is 0.286. The summed E-state index contributed by atoms with van der Waals surface area (Å²) in [5.74, 6) is 1.56. The van der Waals surface area contributed by atoms with Gasteiger partial charge in [-0.15, -0.1) is 0 Å². The maximum absolute atomic E-state index is 13.1. The van der Waals surface area contributed by atoms with Gasteiger partial charge in [-0.2, -0.15) is 0 Å². The first kappa shape index (κ1) is 13.3. The van der Waals surface area contributed by atoms with Crippen molar-refractivity contribution < 1.29 is 9.13 Å². The Hall–Kier alpha value is -2.17. The number of ether oxygens (including phenoxy) is 1. The number of hydrogen-bond donors (Lipinski definition) is 1. The van der Waals surface area contributed by atoms with Gasteiger partial charge in [0, 0.05) is 7.05 Å². The summed E-state index contributed by atoms with van der Waals surface area (Å²) in [6, 6.07) is 4.40. The molecule has 2 rings (SSSR count). The van der Waals surface area contributed by atoms with E-state index in [2.05, 4.69) is 15.3 Å². The highest BCUT2D eigenvalue weighted by Gasteiger charge is 2.12. The molecule has 19 heavy (non-hydrogen) atoms. The van der Waals surface area contributed by atoms with Gasteiger partial charge in [0.25, 0.3) is 0 Å². The van der Waals surface area contributed by atoms with E-state index in [1.807, 2.05) is 6.92 Å². The van der Waals surface area contributed by atoms with Crippen molar-refractivity contribution in [1.82, 2.24) is 9.97 Å². The third-order valence-corrected chi connectivity index (χ3v) is 2.84. The molecule has 100 valence electrons. The predicted octanol–water partition coefficient (Wildman–Crippen LogP) is 3.32. The first-order valence-electron chi connectivity index (χ1n) is 6.11. The monoisotopic (exact) mass is 261 g/mol. The maximum atomic E-state index is 13.1. The van der Waals surface area contributed by atoms with Crippen LogP contribution in [0.2, 0.25) is 0 Å². The van der Waals surface area contributed by atoms with Crippen molar-refractivity contribution in [3.63, 3.8) is 0 Å². The molecule has 4 nitrogen and oxygen atoms in total. The standard InChI is InChI=1S/C14H16FN3O/c1-4-11-13(16-3)17-8-18-14(11)19-12-6-5-10(15)7-9(12)2/h5-8H,4H2,1-3H3,(H,16,17,18). The van der Waals surface area contributed by atoms with E-state index < -0.39 is 0 Å². The predicted molar refractivity (Wildman–Crippen MR) is 72.2 cm³/mol. The summed E-state index contributed by atoms with van der Waals surface area (Å²) in [6.07, 6.45) is 2.19. The second-order valence-corrected chi connectivity index (χ2v) is 4.12. The molecule has 0 spiro atoms. The summed E-state index contributed by atoms with van der Waals surface area (Å²) >= 11 is 0. The van der Waals surface area contributed by atoms with E-state index >= 15 is 0 Å². The summed E-state index contributed by atoms with van der Waals surface area (Å²) in [5.41, 5.74) is 1.63. The number of nitrogens with one attached hydrogen (secondary N) is 1. The van der Waals surface area contributed by atoms with Gasteiger partial charge in [0.15, 0.2) is 0 Å². The number of benzene rings is 1. The summed E-state index contributed by atoms with van der Waals surface area (Å²) in [6.45, 7) is 3.80. The van der Waals surface area contributed by atoms with E-state index in [0.717, 1.165) is 23.4 Å². The number of aromatic nitrogens is 2. The minimum Gasteiger partial charge on any atom is -0.438 e. The summed E-state index contributed by atoms with van der Waals surface area (Å²) in [5, 5.41) is 3.01. The molecule has 1 aromatic heterocycles. The molecule has 1 aromatic carbocycles. The molecule has 0 saturated heterocycles. The first-order valence-corrected chi connectivity index (χ1v) is 6.11. The second kappa shape index (κ2) is 5.65. The normalized spacial score (nSPS) is 10.3. The SMILES string of the molecule is CCc1c(NC)ncnc1Oc1ccc(F)cc1C. The highest BCUT2D eigenvalue weighted by atomic mass is 19.1. The molecule has 0 aliphatic rings. The molecule has 0 atom stereocenters. The number of nitrogens with zero attached hydrogens (tertiary/aromatic N) is 2. The fourth-order valence-electron chi connectivity index (χ4n) is 1.85. The van der Waals surface area contributed by atoms with Crippen molar-refractivity contribution in [1.29, 1.82) is 0 Å². The molecule has 2 aromatic rings. The van der Waals surface area contributed by atoms with Crippen molar-refractivity contribution in [2.45, 2.75) is 20.3 Å². The third kappa shape index (κ3) is 2.81. The van der Waals surface area contributed by atoms with Gasteiger partial charge in [0.05, 0.1) is 5.56 Å². The molecule has 0 saturated carbocycles. The largest absolute Gasteiger partial charge is 0.438 e. The molecule has 0 amide bonds. The van der Waals surface area contributed by atoms with Gasteiger partial charge in [-0.05, 0) is 37.1 Å². The minimum atomic E-state index is -0.279. The number of aryl methyl sites for hydroxylation is 1. The Morgan fingerprint density at radius 1 is 1.32 bits per heavy atom. The molecule has 0 bridgehead atoms. The van der Waals surface area contributed by atoms with Crippen LogP contribution in [0, 0.1) is 12.7 Å². The van der Waals surface area contributed by atoms with E-state index in [1.165, 1.54) is 18.5 Å². The van der Waals surface area contributed by atoms with E-state index in [0.29, 0.717) is 11.6 Å². The van der Waals surface area contributed by atoms with Gasteiger partial charge in [0.1, 0.15) is 23.7 Å². The average Bonchev–Trinajstić information content (AvgIpc) is 2.41. The smallest absolute Gasteiger partial charge is 0.227 e.